The molecule has 0 spiro atoms. The van der Waals surface area contributed by atoms with Crippen LogP contribution in [0.25, 0.3) is 0 Å². The molecule has 0 radical (unpaired) electrons. The van der Waals surface area contributed by atoms with Crippen molar-refractivity contribution in [3.05, 3.63) is 35.9 Å². The number of carbonyl (C=O) groups is 2. The number of carboxylic acids is 1. The van der Waals surface area contributed by atoms with E-state index in [4.69, 9.17) is 9.84 Å². The first-order chi connectivity index (χ1) is 9.16. The van der Waals surface area contributed by atoms with E-state index in [1.165, 1.54) is 5.56 Å². The number of aliphatic carboxylic acids is 1. The number of ether oxygens (including phenoxy) is 1. The Labute approximate surface area is 111 Å². The lowest BCUT2D eigenvalue weighted by molar-refractivity contribution is -0.145. The monoisotopic (exact) mass is 263 g/mol. The molecule has 102 valence electrons. The first kappa shape index (κ1) is 13.5. The maximum absolute atomic E-state index is 11.8. The average Bonchev–Trinajstić information content (AvgIpc) is 2.89. The van der Waals surface area contributed by atoms with Crippen LogP contribution in [-0.4, -0.2) is 48.2 Å². The van der Waals surface area contributed by atoms with Crippen molar-refractivity contribution in [1.82, 2.24) is 4.90 Å². The van der Waals surface area contributed by atoms with Gasteiger partial charge in [0, 0.05) is 19.0 Å². The Morgan fingerprint density at radius 3 is 2.68 bits per heavy atom. The number of nitrogens with zero attached hydrogens (tertiary/aromatic N) is 1. The molecule has 1 aliphatic heterocycles. The summed E-state index contributed by atoms with van der Waals surface area (Å²) in [6.07, 6.45) is 0.939. The third-order valence-electron chi connectivity index (χ3n) is 3.26. The van der Waals surface area contributed by atoms with E-state index in [1.807, 2.05) is 18.2 Å². The van der Waals surface area contributed by atoms with Gasteiger partial charge >= 0.3 is 5.97 Å². The highest BCUT2D eigenvalue weighted by molar-refractivity contribution is 5.78. The van der Waals surface area contributed by atoms with Crippen LogP contribution in [0.3, 0.4) is 0 Å². The summed E-state index contributed by atoms with van der Waals surface area (Å²) in [6.45, 7) is 0.795. The van der Waals surface area contributed by atoms with Gasteiger partial charge in [0.2, 0.25) is 5.91 Å². The zero-order valence-electron chi connectivity index (χ0n) is 10.6. The lowest BCUT2D eigenvalue weighted by atomic mass is 9.99. The first-order valence-electron chi connectivity index (χ1n) is 6.29. The molecule has 0 saturated carbocycles. The van der Waals surface area contributed by atoms with Gasteiger partial charge in [0.15, 0.2) is 0 Å². The second-order valence-corrected chi connectivity index (χ2v) is 4.62. The first-order valence-corrected chi connectivity index (χ1v) is 6.29. The summed E-state index contributed by atoms with van der Waals surface area (Å²) >= 11 is 0. The number of likely N-dealkylation sites (tertiary alicyclic amines) is 1. The molecule has 19 heavy (non-hydrogen) atoms. The second-order valence-electron chi connectivity index (χ2n) is 4.62. The lowest BCUT2D eigenvalue weighted by Crippen LogP contribution is -2.32. The van der Waals surface area contributed by atoms with Gasteiger partial charge in [-0.15, -0.1) is 0 Å². The molecule has 1 aromatic rings. The third-order valence-corrected chi connectivity index (χ3v) is 3.26. The van der Waals surface area contributed by atoms with Gasteiger partial charge in [0.05, 0.1) is 0 Å². The molecule has 1 saturated heterocycles. The molecule has 1 N–H and O–H groups in total. The average molecular weight is 263 g/mol. The summed E-state index contributed by atoms with van der Waals surface area (Å²) in [5.41, 5.74) is 1.24. The third kappa shape index (κ3) is 3.79. The molecular formula is C14H17NO4. The van der Waals surface area contributed by atoms with E-state index in [9.17, 15) is 9.59 Å². The van der Waals surface area contributed by atoms with E-state index in [0.29, 0.717) is 19.0 Å². The van der Waals surface area contributed by atoms with Crippen LogP contribution in [0.4, 0.5) is 0 Å². The summed E-state index contributed by atoms with van der Waals surface area (Å²) in [6, 6.07) is 10.1. The summed E-state index contributed by atoms with van der Waals surface area (Å²) < 4.78 is 4.82. The summed E-state index contributed by atoms with van der Waals surface area (Å²) in [4.78, 5) is 23.8. The van der Waals surface area contributed by atoms with Crippen molar-refractivity contribution in [1.29, 1.82) is 0 Å². The smallest absolute Gasteiger partial charge is 0.329 e. The predicted octanol–water partition coefficient (Wildman–Crippen LogP) is 1.10. The van der Waals surface area contributed by atoms with Crippen LogP contribution in [0.15, 0.2) is 30.3 Å². The number of benzene rings is 1. The molecule has 0 bridgehead atoms. The topological polar surface area (TPSA) is 66.8 Å². The van der Waals surface area contributed by atoms with E-state index in [0.717, 1.165) is 6.42 Å². The maximum Gasteiger partial charge on any atom is 0.329 e. The highest BCUT2D eigenvalue weighted by atomic mass is 16.5. The Hall–Kier alpha value is -1.88. The zero-order chi connectivity index (χ0) is 13.7. The fourth-order valence-electron chi connectivity index (χ4n) is 2.30. The van der Waals surface area contributed by atoms with Gasteiger partial charge in [-0.2, -0.15) is 0 Å². The van der Waals surface area contributed by atoms with Crippen LogP contribution in [0.2, 0.25) is 0 Å². The molecule has 1 unspecified atom stereocenters. The van der Waals surface area contributed by atoms with Gasteiger partial charge in [0.25, 0.3) is 0 Å². The molecule has 1 aromatic carbocycles. The summed E-state index contributed by atoms with van der Waals surface area (Å²) in [5, 5.41) is 8.43. The Morgan fingerprint density at radius 2 is 2.00 bits per heavy atom. The largest absolute Gasteiger partial charge is 0.480 e. The van der Waals surface area contributed by atoms with Crippen molar-refractivity contribution in [3.8, 4) is 0 Å². The van der Waals surface area contributed by atoms with Crippen molar-refractivity contribution in [2.24, 2.45) is 0 Å². The lowest BCUT2D eigenvalue weighted by Gasteiger charge is -2.16. The van der Waals surface area contributed by atoms with Crippen LogP contribution >= 0.6 is 0 Å². The molecule has 0 aromatic heterocycles. The van der Waals surface area contributed by atoms with Gasteiger partial charge in [-0.25, -0.2) is 4.79 Å². The summed E-state index contributed by atoms with van der Waals surface area (Å²) in [7, 11) is 0. The molecule has 1 atom stereocenters. The standard InChI is InChI=1S/C14H17NO4/c16-13(9-19-10-14(17)18)15-7-6-12(8-15)11-4-2-1-3-5-11/h1-5,12H,6-10H2,(H,17,18). The molecule has 5 nitrogen and oxygen atoms in total. The number of hydrogen-bond acceptors (Lipinski definition) is 3. The maximum atomic E-state index is 11.8. The highest BCUT2D eigenvalue weighted by Crippen LogP contribution is 2.26. The number of carboxylic acid groups (broad SMARTS) is 1. The Balaban J connectivity index is 1.81. The van der Waals surface area contributed by atoms with Crippen LogP contribution < -0.4 is 0 Å². The molecule has 1 heterocycles. The fraction of sp³-hybridized carbons (Fsp3) is 0.429. The Kier molecular flexibility index (Phi) is 4.52. The van der Waals surface area contributed by atoms with Crippen molar-refractivity contribution >= 4 is 11.9 Å². The van der Waals surface area contributed by atoms with Crippen LogP contribution in [0.1, 0.15) is 17.9 Å². The van der Waals surface area contributed by atoms with Crippen LogP contribution in [0.5, 0.6) is 0 Å². The van der Waals surface area contributed by atoms with Crippen molar-refractivity contribution in [3.63, 3.8) is 0 Å². The minimum absolute atomic E-state index is 0.139. The van der Waals surface area contributed by atoms with E-state index >= 15 is 0 Å². The molecule has 1 amide bonds. The normalized spacial score (nSPS) is 18.5. The van der Waals surface area contributed by atoms with Gasteiger partial charge in [-0.05, 0) is 12.0 Å². The predicted molar refractivity (Wildman–Crippen MR) is 68.8 cm³/mol. The van der Waals surface area contributed by atoms with E-state index in [2.05, 4.69) is 12.1 Å². The number of hydrogen-bond donors (Lipinski definition) is 1. The van der Waals surface area contributed by atoms with Gasteiger partial charge in [-0.3, -0.25) is 4.79 Å². The molecule has 1 fully saturated rings. The van der Waals surface area contributed by atoms with Crippen LogP contribution in [-0.2, 0) is 14.3 Å². The van der Waals surface area contributed by atoms with E-state index in [1.54, 1.807) is 4.90 Å². The molecule has 5 heteroatoms. The minimum Gasteiger partial charge on any atom is -0.480 e. The Bertz CT molecular complexity index is 446. The van der Waals surface area contributed by atoms with Gasteiger partial charge in [0.1, 0.15) is 13.2 Å². The Morgan fingerprint density at radius 1 is 1.26 bits per heavy atom. The minimum atomic E-state index is -1.06. The quantitative estimate of drug-likeness (QED) is 0.864. The van der Waals surface area contributed by atoms with Gasteiger partial charge < -0.3 is 14.7 Å². The molecule has 2 rings (SSSR count). The zero-order valence-corrected chi connectivity index (χ0v) is 10.6. The summed E-state index contributed by atoms with van der Waals surface area (Å²) in [5.74, 6) is -0.833. The van der Waals surface area contributed by atoms with Crippen molar-refractivity contribution < 1.29 is 19.4 Å². The van der Waals surface area contributed by atoms with Crippen LogP contribution in [0, 0.1) is 0 Å². The number of rotatable bonds is 5. The van der Waals surface area contributed by atoms with E-state index < -0.39 is 12.6 Å². The molecular weight excluding hydrogens is 246 g/mol. The molecule has 1 aliphatic rings. The van der Waals surface area contributed by atoms with E-state index in [-0.39, 0.29) is 12.5 Å². The van der Waals surface area contributed by atoms with Gasteiger partial charge in [-0.1, -0.05) is 30.3 Å². The van der Waals surface area contributed by atoms with Crippen molar-refractivity contribution in [2.75, 3.05) is 26.3 Å². The molecule has 0 aliphatic carbocycles. The second kappa shape index (κ2) is 6.33. The van der Waals surface area contributed by atoms with Crippen molar-refractivity contribution in [2.45, 2.75) is 12.3 Å². The highest BCUT2D eigenvalue weighted by Gasteiger charge is 2.27. The number of carbonyl (C=O) groups excluding carboxylic acids is 1. The number of amides is 1. The SMILES string of the molecule is O=C(O)COCC(=O)N1CCC(c2ccccc2)C1. The fourth-order valence-corrected chi connectivity index (χ4v) is 2.30.